The first-order valence-electron chi connectivity index (χ1n) is 12.2. The molecule has 4 rings (SSSR count). The molecular formula is C26H35N3O3S. The maximum absolute atomic E-state index is 12.7. The highest BCUT2D eigenvalue weighted by molar-refractivity contribution is 7.89. The zero-order chi connectivity index (χ0) is 23.1. The van der Waals surface area contributed by atoms with Crippen molar-refractivity contribution in [3.05, 3.63) is 54.1 Å². The van der Waals surface area contributed by atoms with Gasteiger partial charge in [0.1, 0.15) is 6.29 Å². The van der Waals surface area contributed by atoms with Gasteiger partial charge in [-0.3, -0.25) is 4.79 Å². The maximum Gasteiger partial charge on any atom is 0.240 e. The second-order valence-corrected chi connectivity index (χ2v) is 11.0. The van der Waals surface area contributed by atoms with Gasteiger partial charge < -0.3 is 9.80 Å². The topological polar surface area (TPSA) is 69.7 Å². The lowest BCUT2D eigenvalue weighted by atomic mass is 10.00. The molecule has 0 spiro atoms. The number of likely N-dealkylation sites (tertiary alicyclic amines) is 2. The van der Waals surface area contributed by atoms with Gasteiger partial charge >= 0.3 is 0 Å². The van der Waals surface area contributed by atoms with E-state index >= 15 is 0 Å². The minimum Gasteiger partial charge on any atom is -0.303 e. The van der Waals surface area contributed by atoms with Gasteiger partial charge in [0.15, 0.2) is 0 Å². The fourth-order valence-electron chi connectivity index (χ4n) is 4.96. The molecular weight excluding hydrogens is 434 g/mol. The first-order valence-corrected chi connectivity index (χ1v) is 13.7. The summed E-state index contributed by atoms with van der Waals surface area (Å²) < 4.78 is 28.1. The molecule has 178 valence electrons. The third kappa shape index (κ3) is 6.51. The highest BCUT2D eigenvalue weighted by atomic mass is 32.2. The maximum atomic E-state index is 12.7. The van der Waals surface area contributed by atoms with E-state index in [1.165, 1.54) is 45.2 Å². The molecule has 0 radical (unpaired) electrons. The minimum atomic E-state index is -3.52. The van der Waals surface area contributed by atoms with Crippen LogP contribution in [-0.2, 0) is 10.0 Å². The van der Waals surface area contributed by atoms with Crippen LogP contribution in [0.25, 0.3) is 11.1 Å². The van der Waals surface area contributed by atoms with E-state index in [0.29, 0.717) is 12.1 Å². The highest BCUT2D eigenvalue weighted by Gasteiger charge is 2.25. The number of nitrogens with zero attached hydrogens (tertiary/aromatic N) is 2. The first kappa shape index (κ1) is 24.1. The molecule has 0 aliphatic carbocycles. The molecule has 2 saturated heterocycles. The Kier molecular flexibility index (Phi) is 8.30. The van der Waals surface area contributed by atoms with E-state index in [0.717, 1.165) is 49.5 Å². The van der Waals surface area contributed by atoms with Crippen molar-refractivity contribution in [3.8, 4) is 11.1 Å². The number of hydrogen-bond donors (Lipinski definition) is 1. The van der Waals surface area contributed by atoms with Crippen LogP contribution in [0.1, 0.15) is 48.9 Å². The normalized spacial score (nSPS) is 18.9. The molecule has 0 unspecified atom stereocenters. The van der Waals surface area contributed by atoms with Gasteiger partial charge in [0.05, 0.1) is 4.90 Å². The SMILES string of the molecule is O=Cc1ccc(-c2ccc(S(=O)(=O)NCCCN3CCC(N4CCCCC4)CC3)cc2)cc1. The Morgan fingerprint density at radius 3 is 2.06 bits per heavy atom. The molecule has 0 bridgehead atoms. The number of carbonyl (C=O) groups excluding carboxylic acids is 1. The second kappa shape index (κ2) is 11.4. The van der Waals surface area contributed by atoms with Crippen molar-refractivity contribution in [1.29, 1.82) is 0 Å². The Balaban J connectivity index is 1.20. The van der Waals surface area contributed by atoms with Crippen molar-refractivity contribution in [2.24, 2.45) is 0 Å². The van der Waals surface area contributed by atoms with E-state index in [1.807, 2.05) is 12.1 Å². The van der Waals surface area contributed by atoms with E-state index in [2.05, 4.69) is 14.5 Å². The van der Waals surface area contributed by atoms with Crippen LogP contribution in [0.4, 0.5) is 0 Å². The van der Waals surface area contributed by atoms with Crippen LogP contribution < -0.4 is 4.72 Å². The van der Waals surface area contributed by atoms with Gasteiger partial charge in [-0.15, -0.1) is 0 Å². The number of aldehydes is 1. The molecule has 6 nitrogen and oxygen atoms in total. The van der Waals surface area contributed by atoms with Crippen LogP contribution in [0, 0.1) is 0 Å². The molecule has 0 saturated carbocycles. The van der Waals surface area contributed by atoms with Gasteiger partial charge in [0.25, 0.3) is 0 Å². The number of carbonyl (C=O) groups is 1. The molecule has 2 fully saturated rings. The van der Waals surface area contributed by atoms with Gasteiger partial charge in [0, 0.05) is 18.2 Å². The van der Waals surface area contributed by atoms with Gasteiger partial charge in [-0.2, -0.15) is 0 Å². The molecule has 2 aromatic carbocycles. The molecule has 2 aromatic rings. The summed E-state index contributed by atoms with van der Waals surface area (Å²) in [6.45, 7) is 6.14. The monoisotopic (exact) mass is 469 g/mol. The summed E-state index contributed by atoms with van der Waals surface area (Å²) in [7, 11) is -3.52. The largest absolute Gasteiger partial charge is 0.303 e. The smallest absolute Gasteiger partial charge is 0.240 e. The lowest BCUT2D eigenvalue weighted by Gasteiger charge is -2.40. The summed E-state index contributed by atoms with van der Waals surface area (Å²) >= 11 is 0. The van der Waals surface area contributed by atoms with Crippen molar-refractivity contribution in [2.75, 3.05) is 39.3 Å². The van der Waals surface area contributed by atoms with Crippen LogP contribution in [0.15, 0.2) is 53.4 Å². The van der Waals surface area contributed by atoms with Crippen molar-refractivity contribution in [2.45, 2.75) is 49.5 Å². The van der Waals surface area contributed by atoms with Crippen molar-refractivity contribution in [3.63, 3.8) is 0 Å². The van der Waals surface area contributed by atoms with Crippen LogP contribution in [0.5, 0.6) is 0 Å². The average molecular weight is 470 g/mol. The fourth-order valence-corrected chi connectivity index (χ4v) is 6.04. The molecule has 33 heavy (non-hydrogen) atoms. The Morgan fingerprint density at radius 2 is 1.45 bits per heavy atom. The summed E-state index contributed by atoms with van der Waals surface area (Å²) in [5, 5.41) is 0. The van der Waals surface area contributed by atoms with E-state index in [4.69, 9.17) is 0 Å². The standard InChI is InChI=1S/C26H35N3O3S/c30-21-22-5-7-23(8-6-22)24-9-11-26(12-10-24)33(31,32)27-15-4-16-28-19-13-25(14-20-28)29-17-2-1-3-18-29/h5-12,21,25,27H,1-4,13-20H2. The van der Waals surface area contributed by atoms with Crippen molar-refractivity contribution >= 4 is 16.3 Å². The summed E-state index contributed by atoms with van der Waals surface area (Å²) in [5.41, 5.74) is 2.48. The third-order valence-electron chi connectivity index (χ3n) is 6.95. The minimum absolute atomic E-state index is 0.276. The lowest BCUT2D eigenvalue weighted by molar-refractivity contribution is 0.0923. The van der Waals surface area contributed by atoms with Gasteiger partial charge in [-0.25, -0.2) is 13.1 Å². The summed E-state index contributed by atoms with van der Waals surface area (Å²) in [6, 6.07) is 14.9. The number of sulfonamides is 1. The Morgan fingerprint density at radius 1 is 0.848 bits per heavy atom. The summed E-state index contributed by atoms with van der Waals surface area (Å²) in [4.78, 5) is 16.2. The molecule has 0 atom stereocenters. The van der Waals surface area contributed by atoms with E-state index in [-0.39, 0.29) is 4.90 Å². The fraction of sp³-hybridized carbons (Fsp3) is 0.500. The number of piperidine rings is 2. The first-order chi connectivity index (χ1) is 16.0. The molecule has 2 heterocycles. The summed E-state index contributed by atoms with van der Waals surface area (Å²) in [6.07, 6.45) is 8.16. The van der Waals surface area contributed by atoms with E-state index in [1.54, 1.807) is 36.4 Å². The Bertz CT molecular complexity index is 992. The molecule has 0 amide bonds. The van der Waals surface area contributed by atoms with Crippen LogP contribution in [0.2, 0.25) is 0 Å². The lowest BCUT2D eigenvalue weighted by Crippen LogP contribution is -2.47. The highest BCUT2D eigenvalue weighted by Crippen LogP contribution is 2.22. The van der Waals surface area contributed by atoms with Crippen LogP contribution in [0.3, 0.4) is 0 Å². The number of benzene rings is 2. The van der Waals surface area contributed by atoms with Crippen LogP contribution >= 0.6 is 0 Å². The van der Waals surface area contributed by atoms with E-state index in [9.17, 15) is 13.2 Å². The van der Waals surface area contributed by atoms with Gasteiger partial charge in [-0.05, 0) is 88.1 Å². The van der Waals surface area contributed by atoms with E-state index < -0.39 is 10.0 Å². The molecule has 1 N–H and O–H groups in total. The predicted octanol–water partition coefficient (Wildman–Crippen LogP) is 3.78. The van der Waals surface area contributed by atoms with Crippen molar-refractivity contribution < 1.29 is 13.2 Å². The average Bonchev–Trinajstić information content (AvgIpc) is 2.88. The van der Waals surface area contributed by atoms with Crippen LogP contribution in [-0.4, -0.2) is 69.8 Å². The van der Waals surface area contributed by atoms with Crippen molar-refractivity contribution in [1.82, 2.24) is 14.5 Å². The zero-order valence-electron chi connectivity index (χ0n) is 19.3. The Hall–Kier alpha value is -2.06. The summed E-state index contributed by atoms with van der Waals surface area (Å²) in [5.74, 6) is 0. The quantitative estimate of drug-likeness (QED) is 0.447. The predicted molar refractivity (Wildman–Crippen MR) is 132 cm³/mol. The van der Waals surface area contributed by atoms with Gasteiger partial charge in [0.2, 0.25) is 10.0 Å². The molecule has 2 aliphatic heterocycles. The Labute approximate surface area is 198 Å². The second-order valence-electron chi connectivity index (χ2n) is 9.19. The number of rotatable bonds is 9. The molecule has 2 aliphatic rings. The zero-order valence-corrected chi connectivity index (χ0v) is 20.1. The third-order valence-corrected chi connectivity index (χ3v) is 8.43. The molecule has 0 aromatic heterocycles. The number of nitrogens with one attached hydrogen (secondary N) is 1. The molecule has 7 heteroatoms. The van der Waals surface area contributed by atoms with Gasteiger partial charge in [-0.1, -0.05) is 42.8 Å². The number of hydrogen-bond acceptors (Lipinski definition) is 5.